The van der Waals surface area contributed by atoms with E-state index in [0.717, 1.165) is 38.5 Å². The number of benzene rings is 2. The van der Waals surface area contributed by atoms with Gasteiger partial charge in [0.25, 0.3) is 0 Å². The number of unbranched alkanes of at least 4 members (excludes halogenated alkanes) is 6. The van der Waals surface area contributed by atoms with Crippen LogP contribution < -0.4 is 0 Å². The lowest BCUT2D eigenvalue weighted by atomic mass is 9.91. The van der Waals surface area contributed by atoms with E-state index in [2.05, 4.69) is 27.7 Å². The largest absolute Gasteiger partial charge is 0.458 e. The van der Waals surface area contributed by atoms with Gasteiger partial charge >= 0.3 is 11.9 Å². The summed E-state index contributed by atoms with van der Waals surface area (Å²) in [5.74, 6) is -0.721. The lowest BCUT2D eigenvalue weighted by Gasteiger charge is -2.30. The van der Waals surface area contributed by atoms with Crippen molar-refractivity contribution < 1.29 is 19.1 Å². The first kappa shape index (κ1) is 33.6. The maximum atomic E-state index is 13.1. The van der Waals surface area contributed by atoms with Crippen LogP contribution in [-0.2, 0) is 22.3 Å². The van der Waals surface area contributed by atoms with Gasteiger partial charge in [-0.15, -0.1) is 0 Å². The zero-order valence-electron chi connectivity index (χ0n) is 25.9. The van der Waals surface area contributed by atoms with Crippen molar-refractivity contribution in [2.75, 3.05) is 0 Å². The van der Waals surface area contributed by atoms with Gasteiger partial charge in [0.1, 0.15) is 12.2 Å². The number of carbonyl (C=O) groups is 2. The second-order valence-corrected chi connectivity index (χ2v) is 11.3. The molecule has 2 atom stereocenters. The van der Waals surface area contributed by atoms with Crippen LogP contribution in [0.3, 0.4) is 0 Å². The minimum absolute atomic E-state index is 0.108. The Labute approximate surface area is 244 Å². The summed E-state index contributed by atoms with van der Waals surface area (Å²) in [7, 11) is 0. The Bertz CT molecular complexity index is 884. The quantitative estimate of drug-likeness (QED) is 0.122. The van der Waals surface area contributed by atoms with Crippen LogP contribution in [0.2, 0.25) is 0 Å². The van der Waals surface area contributed by atoms with E-state index >= 15 is 0 Å². The van der Waals surface area contributed by atoms with Crippen molar-refractivity contribution in [2.45, 2.75) is 137 Å². The average Bonchev–Trinajstić information content (AvgIpc) is 2.97. The number of hydrogen-bond donors (Lipinski definition) is 0. The molecule has 0 heterocycles. The molecule has 0 saturated heterocycles. The molecule has 0 spiro atoms. The van der Waals surface area contributed by atoms with Crippen LogP contribution in [0.25, 0.3) is 0 Å². The van der Waals surface area contributed by atoms with E-state index in [1.807, 2.05) is 55.5 Å². The second-order valence-electron chi connectivity index (χ2n) is 11.3. The first-order valence-electron chi connectivity index (χ1n) is 16.0. The smallest absolute Gasteiger partial charge is 0.338 e. The monoisotopic (exact) mass is 550 g/mol. The summed E-state index contributed by atoms with van der Waals surface area (Å²) in [6.07, 6.45) is 14.5. The fourth-order valence-electron chi connectivity index (χ4n) is 5.20. The Morgan fingerprint density at radius 1 is 0.550 bits per heavy atom. The molecule has 2 aromatic carbocycles. The highest BCUT2D eigenvalue weighted by Crippen LogP contribution is 2.25. The van der Waals surface area contributed by atoms with Crippen LogP contribution >= 0.6 is 0 Å². The standard InChI is InChI=1S/C36H54O4/c1-6-10-12-14-18-29-20-24-31(25-21-29)35(37)39-33(16-8-3)28(5)34(17-9-4)40-36(38)32-26-22-30(23-27-32)19-15-13-11-7-2/h20-28,33-34H,6-19H2,1-5H3. The molecular weight excluding hydrogens is 496 g/mol. The Morgan fingerprint density at radius 3 is 1.25 bits per heavy atom. The van der Waals surface area contributed by atoms with Gasteiger partial charge in [0.2, 0.25) is 0 Å². The molecule has 0 aliphatic carbocycles. The molecule has 0 aliphatic heterocycles. The van der Waals surface area contributed by atoms with Gasteiger partial charge in [0.15, 0.2) is 0 Å². The normalized spacial score (nSPS) is 13.4. The number of carbonyl (C=O) groups excluding carboxylic acids is 2. The number of esters is 2. The zero-order chi connectivity index (χ0) is 29.2. The summed E-state index contributed by atoms with van der Waals surface area (Å²) in [5.41, 5.74) is 3.66. The minimum atomic E-state index is -0.318. The molecule has 0 N–H and O–H groups in total. The predicted octanol–water partition coefficient (Wildman–Crippen LogP) is 9.92. The van der Waals surface area contributed by atoms with E-state index in [4.69, 9.17) is 9.47 Å². The Hall–Kier alpha value is -2.62. The molecule has 40 heavy (non-hydrogen) atoms. The highest BCUT2D eigenvalue weighted by Gasteiger charge is 2.31. The maximum absolute atomic E-state index is 13.1. The van der Waals surface area contributed by atoms with E-state index < -0.39 is 0 Å². The van der Waals surface area contributed by atoms with Gasteiger partial charge in [0.05, 0.1) is 11.1 Å². The molecule has 0 radical (unpaired) electrons. The Morgan fingerprint density at radius 2 is 0.925 bits per heavy atom. The van der Waals surface area contributed by atoms with E-state index in [9.17, 15) is 9.59 Å². The third-order valence-electron chi connectivity index (χ3n) is 7.85. The molecule has 0 saturated carbocycles. The van der Waals surface area contributed by atoms with Gasteiger partial charge in [-0.1, -0.05) is 110 Å². The summed E-state index contributed by atoms with van der Waals surface area (Å²) in [6.45, 7) is 10.7. The molecule has 4 heteroatoms. The highest BCUT2D eigenvalue weighted by atomic mass is 16.6. The molecule has 0 aromatic heterocycles. The maximum Gasteiger partial charge on any atom is 0.338 e. The highest BCUT2D eigenvalue weighted by molar-refractivity contribution is 5.90. The lowest BCUT2D eigenvalue weighted by molar-refractivity contribution is -0.0328. The molecular formula is C36H54O4. The van der Waals surface area contributed by atoms with E-state index in [1.165, 1.54) is 62.5 Å². The van der Waals surface area contributed by atoms with E-state index in [1.54, 1.807) is 0 Å². The third kappa shape index (κ3) is 11.9. The molecule has 0 amide bonds. The van der Waals surface area contributed by atoms with Crippen LogP contribution in [0, 0.1) is 5.92 Å². The summed E-state index contributed by atoms with van der Waals surface area (Å²) in [5, 5.41) is 0. The molecule has 222 valence electrons. The molecule has 0 fully saturated rings. The van der Waals surface area contributed by atoms with Gasteiger partial charge in [0, 0.05) is 5.92 Å². The number of ether oxygens (including phenoxy) is 2. The van der Waals surface area contributed by atoms with Crippen molar-refractivity contribution in [3.05, 3.63) is 70.8 Å². The van der Waals surface area contributed by atoms with Gasteiger partial charge in [-0.05, 0) is 73.9 Å². The lowest BCUT2D eigenvalue weighted by Crippen LogP contribution is -2.36. The number of aryl methyl sites for hydroxylation is 2. The third-order valence-corrected chi connectivity index (χ3v) is 7.85. The van der Waals surface area contributed by atoms with Crippen molar-refractivity contribution >= 4 is 11.9 Å². The molecule has 2 aromatic rings. The minimum Gasteiger partial charge on any atom is -0.458 e. The van der Waals surface area contributed by atoms with Gasteiger partial charge in [-0.2, -0.15) is 0 Å². The van der Waals surface area contributed by atoms with E-state index in [-0.39, 0.29) is 30.1 Å². The van der Waals surface area contributed by atoms with Gasteiger partial charge < -0.3 is 9.47 Å². The molecule has 0 aliphatic rings. The van der Waals surface area contributed by atoms with Crippen LogP contribution in [0.4, 0.5) is 0 Å². The predicted molar refractivity (Wildman–Crippen MR) is 166 cm³/mol. The fourth-order valence-corrected chi connectivity index (χ4v) is 5.20. The molecule has 2 rings (SSSR count). The Kier molecular flexibility index (Phi) is 16.3. The SMILES string of the molecule is CCCCCCc1ccc(C(=O)OC(CCC)C(C)C(CCC)OC(=O)c2ccc(CCCCCC)cc2)cc1. The second kappa shape index (κ2) is 19.5. The zero-order valence-corrected chi connectivity index (χ0v) is 25.9. The first-order valence-corrected chi connectivity index (χ1v) is 16.0. The fraction of sp³-hybridized carbons (Fsp3) is 0.611. The van der Waals surface area contributed by atoms with Crippen molar-refractivity contribution in [1.82, 2.24) is 0 Å². The number of rotatable bonds is 20. The molecule has 2 unspecified atom stereocenters. The van der Waals surface area contributed by atoms with Crippen molar-refractivity contribution in [1.29, 1.82) is 0 Å². The van der Waals surface area contributed by atoms with Crippen LogP contribution in [0.1, 0.15) is 144 Å². The summed E-state index contributed by atoms with van der Waals surface area (Å²) >= 11 is 0. The molecule has 0 bridgehead atoms. The topological polar surface area (TPSA) is 52.6 Å². The first-order chi connectivity index (χ1) is 19.4. The number of hydrogen-bond acceptors (Lipinski definition) is 4. The van der Waals surface area contributed by atoms with Crippen LogP contribution in [0.15, 0.2) is 48.5 Å². The average molecular weight is 551 g/mol. The van der Waals surface area contributed by atoms with Crippen LogP contribution in [0.5, 0.6) is 0 Å². The van der Waals surface area contributed by atoms with Crippen molar-refractivity contribution in [3.8, 4) is 0 Å². The summed E-state index contributed by atoms with van der Waals surface area (Å²) < 4.78 is 12.1. The van der Waals surface area contributed by atoms with Crippen molar-refractivity contribution in [2.24, 2.45) is 5.92 Å². The van der Waals surface area contributed by atoms with Crippen LogP contribution in [-0.4, -0.2) is 24.1 Å². The van der Waals surface area contributed by atoms with Gasteiger partial charge in [-0.3, -0.25) is 0 Å². The van der Waals surface area contributed by atoms with Crippen molar-refractivity contribution in [3.63, 3.8) is 0 Å². The van der Waals surface area contributed by atoms with Gasteiger partial charge in [-0.25, -0.2) is 9.59 Å². The summed E-state index contributed by atoms with van der Waals surface area (Å²) in [4.78, 5) is 26.2. The summed E-state index contributed by atoms with van der Waals surface area (Å²) in [6, 6.07) is 15.7. The van der Waals surface area contributed by atoms with E-state index in [0.29, 0.717) is 11.1 Å². The Balaban J connectivity index is 2.00. The molecule has 4 nitrogen and oxygen atoms in total.